The first-order valence-electron chi connectivity index (χ1n) is 6.68. The average molecular weight is 341 g/mol. The minimum atomic E-state index is -4.55. The van der Waals surface area contributed by atoms with Crippen LogP contribution in [0.3, 0.4) is 0 Å². The van der Waals surface area contributed by atoms with E-state index in [0.717, 1.165) is 17.2 Å². The van der Waals surface area contributed by atoms with E-state index in [4.69, 9.17) is 0 Å². The van der Waals surface area contributed by atoms with Crippen LogP contribution in [-0.2, 0) is 11.0 Å². The lowest BCUT2D eigenvalue weighted by molar-refractivity contribution is -0.141. The number of hydrogen-bond donors (Lipinski definition) is 1. The first-order valence-corrected chi connectivity index (χ1v) is 6.68. The van der Waals surface area contributed by atoms with E-state index in [2.05, 4.69) is 15.0 Å². The van der Waals surface area contributed by atoms with Crippen LogP contribution >= 0.6 is 0 Å². The molecule has 0 aromatic carbocycles. The van der Waals surface area contributed by atoms with Gasteiger partial charge >= 0.3 is 6.18 Å². The molecule has 0 saturated carbocycles. The summed E-state index contributed by atoms with van der Waals surface area (Å²) in [5, 5.41) is 0. The minimum absolute atomic E-state index is 0.0458. The van der Waals surface area contributed by atoms with Gasteiger partial charge in [-0.1, -0.05) is 0 Å². The predicted octanol–water partition coefficient (Wildman–Crippen LogP) is 1.78. The molecule has 128 valence electrons. The standard InChI is InChI=1S/C14H14F3N5O2/c1-21(2)13(24)10-12(22(3)7-23)20-11(19-10)8-4-5-9(18-6-8)14(15,16)17/h4-7H,1-3H3,(H,19,20). The van der Waals surface area contributed by atoms with Crippen LogP contribution in [0.1, 0.15) is 16.2 Å². The van der Waals surface area contributed by atoms with Crippen molar-refractivity contribution in [2.24, 2.45) is 0 Å². The van der Waals surface area contributed by atoms with E-state index in [1.807, 2.05) is 0 Å². The average Bonchev–Trinajstić information content (AvgIpc) is 2.97. The number of rotatable bonds is 4. The number of nitrogens with zero attached hydrogens (tertiary/aromatic N) is 4. The number of nitrogens with one attached hydrogen (secondary N) is 1. The van der Waals surface area contributed by atoms with Crippen LogP contribution in [0, 0.1) is 0 Å². The monoisotopic (exact) mass is 341 g/mol. The van der Waals surface area contributed by atoms with E-state index in [-0.39, 0.29) is 22.9 Å². The molecule has 2 aromatic heterocycles. The number of hydrogen-bond acceptors (Lipinski definition) is 4. The fourth-order valence-electron chi connectivity index (χ4n) is 1.88. The Hall–Kier alpha value is -2.91. The van der Waals surface area contributed by atoms with Gasteiger partial charge in [-0.2, -0.15) is 13.2 Å². The number of aromatic amines is 1. The van der Waals surface area contributed by atoms with E-state index in [9.17, 15) is 22.8 Å². The maximum absolute atomic E-state index is 12.6. The van der Waals surface area contributed by atoms with Crippen LogP contribution in [0.4, 0.5) is 19.0 Å². The van der Waals surface area contributed by atoms with E-state index >= 15 is 0 Å². The van der Waals surface area contributed by atoms with Crippen LogP contribution in [0.2, 0.25) is 0 Å². The molecular formula is C14H14F3N5O2. The van der Waals surface area contributed by atoms with Gasteiger partial charge in [0.1, 0.15) is 17.2 Å². The Balaban J connectivity index is 2.48. The Bertz CT molecular complexity index is 753. The highest BCUT2D eigenvalue weighted by molar-refractivity contribution is 5.99. The molecule has 0 unspecified atom stereocenters. The number of carbonyl (C=O) groups excluding carboxylic acids is 2. The molecule has 2 aromatic rings. The summed E-state index contributed by atoms with van der Waals surface area (Å²) >= 11 is 0. The van der Waals surface area contributed by atoms with Crippen molar-refractivity contribution in [1.82, 2.24) is 19.9 Å². The summed E-state index contributed by atoms with van der Waals surface area (Å²) < 4.78 is 37.7. The molecule has 0 aliphatic carbocycles. The van der Waals surface area contributed by atoms with Gasteiger partial charge in [0.15, 0.2) is 5.82 Å². The third-order valence-electron chi connectivity index (χ3n) is 3.12. The van der Waals surface area contributed by atoms with Gasteiger partial charge in [0.2, 0.25) is 6.41 Å². The summed E-state index contributed by atoms with van der Waals surface area (Å²) in [5.41, 5.74) is -0.738. The van der Waals surface area contributed by atoms with Crippen molar-refractivity contribution in [2.45, 2.75) is 6.18 Å². The van der Waals surface area contributed by atoms with Gasteiger partial charge in [0.25, 0.3) is 5.91 Å². The zero-order valence-corrected chi connectivity index (χ0v) is 13.0. The number of amides is 2. The Morgan fingerprint density at radius 3 is 2.38 bits per heavy atom. The van der Waals surface area contributed by atoms with Crippen LogP contribution in [0.5, 0.6) is 0 Å². The molecule has 0 atom stereocenters. The molecule has 0 saturated heterocycles. The van der Waals surface area contributed by atoms with Gasteiger partial charge < -0.3 is 14.8 Å². The molecule has 10 heteroatoms. The molecule has 0 bridgehead atoms. The molecule has 0 aliphatic heterocycles. The highest BCUT2D eigenvalue weighted by Crippen LogP contribution is 2.29. The van der Waals surface area contributed by atoms with Crippen molar-refractivity contribution < 1.29 is 22.8 Å². The third kappa shape index (κ3) is 3.36. The first kappa shape index (κ1) is 17.4. The number of halogens is 3. The van der Waals surface area contributed by atoms with Crippen LogP contribution in [0.25, 0.3) is 11.4 Å². The topological polar surface area (TPSA) is 82.2 Å². The molecule has 2 amide bonds. The van der Waals surface area contributed by atoms with E-state index < -0.39 is 17.8 Å². The van der Waals surface area contributed by atoms with Crippen LogP contribution in [0.15, 0.2) is 18.3 Å². The summed E-state index contributed by atoms with van der Waals surface area (Å²) in [4.78, 5) is 35.7. The van der Waals surface area contributed by atoms with Gasteiger partial charge in [-0.15, -0.1) is 0 Å². The normalized spacial score (nSPS) is 11.2. The van der Waals surface area contributed by atoms with E-state index in [1.54, 1.807) is 0 Å². The number of anilines is 1. The molecule has 0 aliphatic rings. The van der Waals surface area contributed by atoms with Gasteiger partial charge in [-0.25, -0.2) is 4.98 Å². The zero-order chi connectivity index (χ0) is 18.1. The second-order valence-electron chi connectivity index (χ2n) is 5.13. The van der Waals surface area contributed by atoms with Crippen molar-refractivity contribution in [2.75, 3.05) is 26.0 Å². The van der Waals surface area contributed by atoms with Crippen molar-refractivity contribution in [1.29, 1.82) is 0 Å². The smallest absolute Gasteiger partial charge is 0.343 e. The Morgan fingerprint density at radius 2 is 1.92 bits per heavy atom. The highest BCUT2D eigenvalue weighted by Gasteiger charge is 2.32. The number of pyridine rings is 1. The first-order chi connectivity index (χ1) is 11.1. The molecule has 24 heavy (non-hydrogen) atoms. The van der Waals surface area contributed by atoms with Crippen molar-refractivity contribution in [3.8, 4) is 11.4 Å². The molecule has 1 N–H and O–H groups in total. The molecule has 0 fully saturated rings. The molecule has 7 nitrogen and oxygen atoms in total. The summed E-state index contributed by atoms with van der Waals surface area (Å²) in [5.74, 6) is -0.235. The Kier molecular flexibility index (Phi) is 4.58. The number of carbonyl (C=O) groups is 2. The summed E-state index contributed by atoms with van der Waals surface area (Å²) in [6.07, 6.45) is -3.08. The van der Waals surface area contributed by atoms with E-state index in [1.165, 1.54) is 32.1 Å². The largest absolute Gasteiger partial charge is 0.433 e. The quantitative estimate of drug-likeness (QED) is 0.860. The van der Waals surface area contributed by atoms with E-state index in [0.29, 0.717) is 6.41 Å². The summed E-state index contributed by atoms with van der Waals surface area (Å²) in [7, 11) is 4.45. The lowest BCUT2D eigenvalue weighted by Gasteiger charge is -2.12. The van der Waals surface area contributed by atoms with Gasteiger partial charge in [0.05, 0.1) is 0 Å². The van der Waals surface area contributed by atoms with Gasteiger partial charge in [0, 0.05) is 32.9 Å². The summed E-state index contributed by atoms with van der Waals surface area (Å²) in [6.45, 7) is 0. The second kappa shape index (κ2) is 6.30. The zero-order valence-electron chi connectivity index (χ0n) is 13.0. The number of H-pyrrole nitrogens is 1. The Morgan fingerprint density at radius 1 is 1.25 bits per heavy atom. The van der Waals surface area contributed by atoms with Gasteiger partial charge in [-0.3, -0.25) is 14.6 Å². The van der Waals surface area contributed by atoms with Crippen molar-refractivity contribution in [3.05, 3.63) is 29.7 Å². The van der Waals surface area contributed by atoms with Gasteiger partial charge in [-0.05, 0) is 12.1 Å². The molecule has 2 rings (SSSR count). The van der Waals surface area contributed by atoms with Crippen molar-refractivity contribution >= 4 is 18.1 Å². The molecule has 0 spiro atoms. The fraction of sp³-hybridized carbons (Fsp3) is 0.286. The second-order valence-corrected chi connectivity index (χ2v) is 5.13. The lowest BCUT2D eigenvalue weighted by atomic mass is 10.2. The molecule has 0 radical (unpaired) electrons. The molecule has 2 heterocycles. The maximum Gasteiger partial charge on any atom is 0.433 e. The van der Waals surface area contributed by atoms with Crippen LogP contribution < -0.4 is 4.90 Å². The number of imidazole rings is 1. The lowest BCUT2D eigenvalue weighted by Crippen LogP contribution is -2.25. The fourth-order valence-corrected chi connectivity index (χ4v) is 1.88. The number of alkyl halides is 3. The molecular weight excluding hydrogens is 327 g/mol. The SMILES string of the molecule is CN(C)C(=O)c1[nH]c(-c2ccc(C(F)(F)F)nc2)nc1N(C)C=O. The van der Waals surface area contributed by atoms with Crippen LogP contribution in [-0.4, -0.2) is 53.3 Å². The minimum Gasteiger partial charge on any atom is -0.343 e. The Labute approximate surface area is 135 Å². The van der Waals surface area contributed by atoms with Crippen molar-refractivity contribution in [3.63, 3.8) is 0 Å². The predicted molar refractivity (Wildman–Crippen MR) is 79.3 cm³/mol. The summed E-state index contributed by atoms with van der Waals surface area (Å²) in [6, 6.07) is 2.00. The number of aromatic nitrogens is 3. The highest BCUT2D eigenvalue weighted by atomic mass is 19.4. The third-order valence-corrected chi connectivity index (χ3v) is 3.12. The maximum atomic E-state index is 12.6.